The van der Waals surface area contributed by atoms with Gasteiger partial charge in [-0.1, -0.05) is 31.5 Å². The van der Waals surface area contributed by atoms with Gasteiger partial charge >= 0.3 is 0 Å². The zero-order chi connectivity index (χ0) is 27.1. The van der Waals surface area contributed by atoms with Gasteiger partial charge in [0.2, 0.25) is 5.91 Å². The Morgan fingerprint density at radius 2 is 1.74 bits per heavy atom. The fraction of sp³-hybridized carbons (Fsp3) is 0.500. The van der Waals surface area contributed by atoms with Crippen LogP contribution >= 0.6 is 12.2 Å². The Bertz CT molecular complexity index is 1100. The number of carbonyl (C=O) groups excluding carboxylic acids is 2. The molecule has 2 amide bonds. The summed E-state index contributed by atoms with van der Waals surface area (Å²) in [6, 6.07) is 14.5. The number of piperidine rings is 1. The maximum Gasteiger partial charge on any atom is 0.256 e. The second-order valence-electron chi connectivity index (χ2n) is 10.5. The van der Waals surface area contributed by atoms with Crippen LogP contribution in [-0.4, -0.2) is 65.6 Å². The van der Waals surface area contributed by atoms with Crippen molar-refractivity contribution in [3.05, 3.63) is 54.1 Å². The number of nitrogens with one attached hydrogen (secondary N) is 1. The minimum absolute atomic E-state index is 0.0383. The minimum atomic E-state index is -0.627. The summed E-state index contributed by atoms with van der Waals surface area (Å²) in [4.78, 5) is 32.7. The number of amides is 2. The van der Waals surface area contributed by atoms with Crippen molar-refractivity contribution in [3.63, 3.8) is 0 Å². The van der Waals surface area contributed by atoms with Crippen molar-refractivity contribution in [1.82, 2.24) is 9.80 Å². The summed E-state index contributed by atoms with van der Waals surface area (Å²) in [7, 11) is 0. The van der Waals surface area contributed by atoms with Gasteiger partial charge in [0.15, 0.2) is 5.11 Å². The van der Waals surface area contributed by atoms with Crippen molar-refractivity contribution in [2.45, 2.75) is 58.9 Å². The smallest absolute Gasteiger partial charge is 0.256 e. The van der Waals surface area contributed by atoms with E-state index in [9.17, 15) is 9.59 Å². The molecular weight excluding hydrogens is 496 g/mol. The SMILES string of the molecule is CCCOc1ccc(NC(=O)C[C@H]2C(=O)N(c3ccc(C)cc3)C(=S)N2CCCN2CCC(C)CC2)cc1. The number of benzene rings is 2. The Morgan fingerprint density at radius 3 is 2.39 bits per heavy atom. The molecule has 1 atom stereocenters. The number of thiocarbonyl (C=S) groups is 1. The Hall–Kier alpha value is -2.97. The predicted octanol–water partition coefficient (Wildman–Crippen LogP) is 5.24. The van der Waals surface area contributed by atoms with Gasteiger partial charge in [-0.3, -0.25) is 14.5 Å². The Balaban J connectivity index is 1.43. The van der Waals surface area contributed by atoms with E-state index in [4.69, 9.17) is 17.0 Å². The molecule has 0 unspecified atom stereocenters. The van der Waals surface area contributed by atoms with Crippen LogP contribution in [0, 0.1) is 12.8 Å². The van der Waals surface area contributed by atoms with Crippen LogP contribution in [0.3, 0.4) is 0 Å². The van der Waals surface area contributed by atoms with Gasteiger partial charge in [-0.05, 0) is 107 Å². The number of hydrogen-bond acceptors (Lipinski definition) is 5. The van der Waals surface area contributed by atoms with E-state index in [0.29, 0.717) is 24.0 Å². The average molecular weight is 537 g/mol. The molecule has 2 aliphatic rings. The van der Waals surface area contributed by atoms with Crippen LogP contribution in [0.25, 0.3) is 0 Å². The molecule has 0 saturated carbocycles. The van der Waals surface area contributed by atoms with Crippen molar-refractivity contribution in [2.24, 2.45) is 5.92 Å². The summed E-state index contributed by atoms with van der Waals surface area (Å²) >= 11 is 5.82. The number of rotatable bonds is 11. The van der Waals surface area contributed by atoms with Crippen LogP contribution in [0.1, 0.15) is 51.5 Å². The van der Waals surface area contributed by atoms with E-state index in [2.05, 4.69) is 24.1 Å². The zero-order valence-corrected chi connectivity index (χ0v) is 23.6. The van der Waals surface area contributed by atoms with E-state index in [1.165, 1.54) is 12.8 Å². The van der Waals surface area contributed by atoms with Crippen LogP contribution in [-0.2, 0) is 9.59 Å². The molecule has 0 aromatic heterocycles. The third-order valence-corrected chi connectivity index (χ3v) is 7.77. The Labute approximate surface area is 232 Å². The first-order chi connectivity index (χ1) is 18.4. The summed E-state index contributed by atoms with van der Waals surface area (Å²) < 4.78 is 5.62. The second-order valence-corrected chi connectivity index (χ2v) is 10.9. The molecule has 38 heavy (non-hydrogen) atoms. The number of nitrogens with zero attached hydrogens (tertiary/aromatic N) is 3. The highest BCUT2D eigenvalue weighted by atomic mass is 32.1. The van der Waals surface area contributed by atoms with Crippen LogP contribution in [0.15, 0.2) is 48.5 Å². The largest absolute Gasteiger partial charge is 0.494 e. The van der Waals surface area contributed by atoms with E-state index in [1.54, 1.807) is 4.90 Å². The molecule has 7 nitrogen and oxygen atoms in total. The van der Waals surface area contributed by atoms with Crippen LogP contribution in [0.2, 0.25) is 0 Å². The first-order valence-electron chi connectivity index (χ1n) is 13.8. The molecule has 0 radical (unpaired) electrons. The van der Waals surface area contributed by atoms with Gasteiger partial charge in [0, 0.05) is 12.2 Å². The van der Waals surface area contributed by atoms with E-state index < -0.39 is 6.04 Å². The van der Waals surface area contributed by atoms with Gasteiger partial charge in [0.05, 0.1) is 18.7 Å². The van der Waals surface area contributed by atoms with Crippen molar-refractivity contribution in [2.75, 3.05) is 43.0 Å². The molecule has 1 N–H and O–H groups in total. The molecule has 0 aliphatic carbocycles. The topological polar surface area (TPSA) is 65.1 Å². The predicted molar refractivity (Wildman–Crippen MR) is 157 cm³/mol. The van der Waals surface area contributed by atoms with Crippen molar-refractivity contribution in [3.8, 4) is 5.75 Å². The maximum absolute atomic E-state index is 13.6. The second kappa shape index (κ2) is 13.2. The molecular formula is C30H40N4O3S. The monoisotopic (exact) mass is 536 g/mol. The first kappa shape index (κ1) is 28.0. The molecule has 2 saturated heterocycles. The van der Waals surface area contributed by atoms with Gasteiger partial charge < -0.3 is 19.9 Å². The molecule has 2 heterocycles. The fourth-order valence-corrected chi connectivity index (χ4v) is 5.43. The van der Waals surface area contributed by atoms with E-state index in [1.807, 2.05) is 60.4 Å². The number of hydrogen-bond donors (Lipinski definition) is 1. The minimum Gasteiger partial charge on any atom is -0.494 e. The standard InChI is InChI=1S/C30H40N4O3S/c1-4-20-37-26-12-8-24(9-13-26)31-28(35)21-27-29(36)34(25-10-6-22(2)7-11-25)30(38)33(27)17-5-16-32-18-14-23(3)15-19-32/h6-13,23,27H,4-5,14-21H2,1-3H3,(H,31,35)/t27-/m0/s1. The summed E-state index contributed by atoms with van der Waals surface area (Å²) in [5, 5.41) is 3.41. The van der Waals surface area contributed by atoms with Crippen molar-refractivity contribution in [1.29, 1.82) is 0 Å². The lowest BCUT2D eigenvalue weighted by Crippen LogP contribution is -2.40. The first-order valence-corrected chi connectivity index (χ1v) is 14.2. The summed E-state index contributed by atoms with van der Waals surface area (Å²) in [6.45, 7) is 10.9. The third-order valence-electron chi connectivity index (χ3n) is 7.35. The van der Waals surface area contributed by atoms with Gasteiger partial charge in [0.1, 0.15) is 11.8 Å². The number of likely N-dealkylation sites (tertiary alicyclic amines) is 1. The number of ether oxygens (including phenoxy) is 1. The summed E-state index contributed by atoms with van der Waals surface area (Å²) in [5.41, 5.74) is 2.53. The highest BCUT2D eigenvalue weighted by Crippen LogP contribution is 2.28. The van der Waals surface area contributed by atoms with Crippen molar-refractivity contribution >= 4 is 40.5 Å². The molecule has 0 spiro atoms. The number of aryl methyl sites for hydroxylation is 1. The lowest BCUT2D eigenvalue weighted by atomic mass is 9.99. The number of anilines is 2. The Morgan fingerprint density at radius 1 is 1.05 bits per heavy atom. The molecule has 2 fully saturated rings. The zero-order valence-electron chi connectivity index (χ0n) is 22.8. The van der Waals surface area contributed by atoms with Crippen LogP contribution in [0.4, 0.5) is 11.4 Å². The van der Waals surface area contributed by atoms with Gasteiger partial charge in [-0.2, -0.15) is 0 Å². The van der Waals surface area contributed by atoms with E-state index in [0.717, 1.165) is 55.4 Å². The van der Waals surface area contributed by atoms with Crippen LogP contribution < -0.4 is 15.0 Å². The highest BCUT2D eigenvalue weighted by Gasteiger charge is 2.43. The molecule has 2 aromatic carbocycles. The lowest BCUT2D eigenvalue weighted by Gasteiger charge is -2.31. The van der Waals surface area contributed by atoms with Crippen LogP contribution in [0.5, 0.6) is 5.75 Å². The van der Waals surface area contributed by atoms with Crippen molar-refractivity contribution < 1.29 is 14.3 Å². The molecule has 204 valence electrons. The average Bonchev–Trinajstić information content (AvgIpc) is 3.14. The quantitative estimate of drug-likeness (QED) is 0.397. The van der Waals surface area contributed by atoms with Gasteiger partial charge in [-0.25, -0.2) is 0 Å². The van der Waals surface area contributed by atoms with E-state index >= 15 is 0 Å². The molecule has 0 bridgehead atoms. The van der Waals surface area contributed by atoms with Gasteiger partial charge in [-0.15, -0.1) is 0 Å². The normalized spacial score (nSPS) is 18.8. The summed E-state index contributed by atoms with van der Waals surface area (Å²) in [5.74, 6) is 1.20. The Kier molecular flexibility index (Phi) is 9.74. The van der Waals surface area contributed by atoms with Gasteiger partial charge in [0.25, 0.3) is 5.91 Å². The number of carbonyl (C=O) groups is 2. The van der Waals surface area contributed by atoms with E-state index in [-0.39, 0.29) is 18.2 Å². The molecule has 8 heteroatoms. The maximum atomic E-state index is 13.6. The molecule has 2 aromatic rings. The molecule has 2 aliphatic heterocycles. The highest BCUT2D eigenvalue weighted by molar-refractivity contribution is 7.80. The molecule has 4 rings (SSSR count). The fourth-order valence-electron chi connectivity index (χ4n) is 5.01. The third kappa shape index (κ3) is 7.11. The summed E-state index contributed by atoms with van der Waals surface area (Å²) in [6.07, 6.45) is 4.33. The lowest BCUT2D eigenvalue weighted by molar-refractivity contribution is -0.124.